The van der Waals surface area contributed by atoms with Gasteiger partial charge in [0.15, 0.2) is 0 Å². The smallest absolute Gasteiger partial charge is 0.291 e. The fourth-order valence-corrected chi connectivity index (χ4v) is 4.64. The summed E-state index contributed by atoms with van der Waals surface area (Å²) in [5, 5.41) is 18.9. The van der Waals surface area contributed by atoms with E-state index in [-0.39, 0.29) is 26.5 Å². The van der Waals surface area contributed by atoms with Gasteiger partial charge in [-0.1, -0.05) is 46.7 Å². The summed E-state index contributed by atoms with van der Waals surface area (Å²) < 4.78 is 27.0. The Bertz CT molecular complexity index is 1200. The van der Waals surface area contributed by atoms with Gasteiger partial charge in [-0.25, -0.2) is 0 Å². The Morgan fingerprint density at radius 3 is 2.52 bits per heavy atom. The molecule has 1 amide bonds. The number of hydrogen-bond acceptors (Lipinski definition) is 7. The molecule has 29 heavy (non-hydrogen) atoms. The molecular formula is C17H11Cl2N5O3S2. The Labute approximate surface area is 180 Å². The summed E-state index contributed by atoms with van der Waals surface area (Å²) in [6.07, 6.45) is 0.226. The van der Waals surface area contributed by atoms with Crippen LogP contribution in [-0.2, 0) is 16.4 Å². The third-order valence-electron chi connectivity index (χ3n) is 3.52. The fourth-order valence-electron chi connectivity index (χ4n) is 2.19. The second kappa shape index (κ2) is 8.75. The van der Waals surface area contributed by atoms with Gasteiger partial charge in [-0.15, -0.1) is 10.2 Å². The molecule has 0 aliphatic carbocycles. The molecule has 148 valence electrons. The monoisotopic (exact) mass is 467 g/mol. The maximum atomic E-state index is 12.5. The minimum Gasteiger partial charge on any atom is -0.296 e. The van der Waals surface area contributed by atoms with Crippen molar-refractivity contribution in [2.75, 3.05) is 10.0 Å². The van der Waals surface area contributed by atoms with E-state index in [1.165, 1.54) is 30.3 Å². The molecule has 0 saturated carbocycles. The lowest BCUT2D eigenvalue weighted by atomic mass is 10.1. The van der Waals surface area contributed by atoms with Crippen LogP contribution in [0, 0.1) is 11.3 Å². The number of nitrogens with one attached hydrogen (secondary N) is 2. The SMILES string of the molecule is N#CCc1ccc(NS(=O)(=O)c2nnc(NC(=O)c3ccc(Cl)cc3Cl)s2)cc1. The Morgan fingerprint density at radius 2 is 1.86 bits per heavy atom. The van der Waals surface area contributed by atoms with Crippen LogP contribution in [0.4, 0.5) is 10.8 Å². The molecule has 3 rings (SSSR count). The van der Waals surface area contributed by atoms with E-state index in [2.05, 4.69) is 20.2 Å². The number of rotatable bonds is 6. The topological polar surface area (TPSA) is 125 Å². The van der Waals surface area contributed by atoms with Crippen molar-refractivity contribution < 1.29 is 13.2 Å². The van der Waals surface area contributed by atoms with Crippen LogP contribution >= 0.6 is 34.5 Å². The van der Waals surface area contributed by atoms with E-state index in [0.29, 0.717) is 22.0 Å². The van der Waals surface area contributed by atoms with Crippen LogP contribution in [0.3, 0.4) is 0 Å². The van der Waals surface area contributed by atoms with Crippen molar-refractivity contribution in [2.24, 2.45) is 0 Å². The zero-order valence-electron chi connectivity index (χ0n) is 14.4. The van der Waals surface area contributed by atoms with Crippen molar-refractivity contribution in [1.82, 2.24) is 10.2 Å². The molecule has 0 bridgehead atoms. The molecule has 0 atom stereocenters. The van der Waals surface area contributed by atoms with Crippen molar-refractivity contribution in [3.05, 3.63) is 63.6 Å². The van der Waals surface area contributed by atoms with Gasteiger partial charge >= 0.3 is 0 Å². The van der Waals surface area contributed by atoms with Crippen LogP contribution in [0.1, 0.15) is 15.9 Å². The number of carbonyl (C=O) groups is 1. The number of amides is 1. The standard InChI is InChI=1S/C17H11Cl2N5O3S2/c18-11-3-6-13(14(19)9-11)15(25)21-16-22-23-17(28-16)29(26,27)24-12-4-1-10(2-5-12)7-8-20/h1-6,9,24H,7H2,(H,21,22,25). The van der Waals surface area contributed by atoms with Crippen molar-refractivity contribution in [2.45, 2.75) is 10.8 Å². The molecular weight excluding hydrogens is 457 g/mol. The van der Waals surface area contributed by atoms with Gasteiger partial charge in [0.05, 0.1) is 23.1 Å². The van der Waals surface area contributed by atoms with Crippen LogP contribution in [0.25, 0.3) is 0 Å². The number of sulfonamides is 1. The molecule has 0 fully saturated rings. The summed E-state index contributed by atoms with van der Waals surface area (Å²) in [6, 6.07) is 12.7. The molecule has 3 aromatic rings. The molecule has 0 aliphatic heterocycles. The number of hydrogen-bond donors (Lipinski definition) is 2. The minimum absolute atomic E-state index is 0.00856. The van der Waals surface area contributed by atoms with Crippen molar-refractivity contribution in [3.8, 4) is 6.07 Å². The first kappa shape index (κ1) is 21.0. The number of nitrogens with zero attached hydrogens (tertiary/aromatic N) is 3. The van der Waals surface area contributed by atoms with E-state index in [9.17, 15) is 13.2 Å². The van der Waals surface area contributed by atoms with E-state index in [0.717, 1.165) is 5.56 Å². The van der Waals surface area contributed by atoms with E-state index < -0.39 is 15.9 Å². The van der Waals surface area contributed by atoms with E-state index in [1.807, 2.05) is 6.07 Å². The van der Waals surface area contributed by atoms with Gasteiger partial charge in [0.1, 0.15) is 0 Å². The summed E-state index contributed by atoms with van der Waals surface area (Å²) in [7, 11) is -4.00. The zero-order valence-corrected chi connectivity index (χ0v) is 17.5. The minimum atomic E-state index is -4.00. The molecule has 0 unspecified atom stereocenters. The largest absolute Gasteiger partial charge is 0.296 e. The van der Waals surface area contributed by atoms with Gasteiger partial charge < -0.3 is 0 Å². The first-order chi connectivity index (χ1) is 13.8. The number of halogens is 2. The lowest BCUT2D eigenvalue weighted by molar-refractivity contribution is 0.102. The Morgan fingerprint density at radius 1 is 1.14 bits per heavy atom. The Balaban J connectivity index is 1.72. The third kappa shape index (κ3) is 5.21. The number of benzene rings is 2. The quantitative estimate of drug-likeness (QED) is 0.528. The molecule has 2 aromatic carbocycles. The third-order valence-corrected chi connectivity index (χ3v) is 6.66. The molecule has 0 saturated heterocycles. The van der Waals surface area contributed by atoms with Crippen molar-refractivity contribution in [3.63, 3.8) is 0 Å². The number of carbonyl (C=O) groups excluding carboxylic acids is 1. The van der Waals surface area contributed by atoms with E-state index in [4.69, 9.17) is 28.5 Å². The average Bonchev–Trinajstić information content (AvgIpc) is 3.13. The molecule has 0 aliphatic rings. The number of anilines is 2. The molecule has 0 radical (unpaired) electrons. The maximum absolute atomic E-state index is 12.5. The van der Waals surface area contributed by atoms with Crippen LogP contribution < -0.4 is 10.0 Å². The molecule has 1 aromatic heterocycles. The molecule has 2 N–H and O–H groups in total. The lowest BCUT2D eigenvalue weighted by Crippen LogP contribution is -2.12. The van der Waals surface area contributed by atoms with Crippen LogP contribution in [0.5, 0.6) is 0 Å². The van der Waals surface area contributed by atoms with Crippen molar-refractivity contribution in [1.29, 1.82) is 5.26 Å². The second-order valence-corrected chi connectivity index (χ2v) is 9.27. The number of nitriles is 1. The normalized spacial score (nSPS) is 10.9. The summed E-state index contributed by atoms with van der Waals surface area (Å²) in [6.45, 7) is 0. The highest BCUT2D eigenvalue weighted by Gasteiger charge is 2.22. The van der Waals surface area contributed by atoms with E-state index >= 15 is 0 Å². The molecule has 12 heteroatoms. The van der Waals surface area contributed by atoms with Crippen LogP contribution in [0.15, 0.2) is 46.8 Å². The maximum Gasteiger partial charge on any atom is 0.291 e. The predicted octanol–water partition coefficient (Wildman–Crippen LogP) is 3.96. The van der Waals surface area contributed by atoms with Gasteiger partial charge in [0.25, 0.3) is 20.3 Å². The summed E-state index contributed by atoms with van der Waals surface area (Å²) in [5.74, 6) is -0.576. The first-order valence-electron chi connectivity index (χ1n) is 7.87. The highest BCUT2D eigenvalue weighted by atomic mass is 35.5. The second-order valence-electron chi connectivity index (χ2n) is 5.59. The molecule has 8 nitrogen and oxygen atoms in total. The fraction of sp³-hybridized carbons (Fsp3) is 0.0588. The van der Waals surface area contributed by atoms with Crippen LogP contribution in [-0.4, -0.2) is 24.5 Å². The Kier molecular flexibility index (Phi) is 6.34. The lowest BCUT2D eigenvalue weighted by Gasteiger charge is -2.05. The average molecular weight is 468 g/mol. The van der Waals surface area contributed by atoms with Crippen molar-refractivity contribution >= 4 is 61.3 Å². The van der Waals surface area contributed by atoms with Crippen LogP contribution in [0.2, 0.25) is 10.0 Å². The molecule has 1 heterocycles. The van der Waals surface area contributed by atoms with Gasteiger partial charge in [-0.3, -0.25) is 14.8 Å². The van der Waals surface area contributed by atoms with Gasteiger partial charge in [0, 0.05) is 10.7 Å². The summed E-state index contributed by atoms with van der Waals surface area (Å²) >= 11 is 12.5. The van der Waals surface area contributed by atoms with Gasteiger partial charge in [-0.2, -0.15) is 13.7 Å². The van der Waals surface area contributed by atoms with Gasteiger partial charge in [0.2, 0.25) is 5.13 Å². The molecule has 0 spiro atoms. The summed E-state index contributed by atoms with van der Waals surface area (Å²) in [5.41, 5.74) is 1.23. The Hall–Kier alpha value is -2.71. The van der Waals surface area contributed by atoms with Gasteiger partial charge in [-0.05, 0) is 35.9 Å². The highest BCUT2D eigenvalue weighted by molar-refractivity contribution is 7.94. The first-order valence-corrected chi connectivity index (χ1v) is 10.9. The van der Waals surface area contributed by atoms with E-state index in [1.54, 1.807) is 12.1 Å². The summed E-state index contributed by atoms with van der Waals surface area (Å²) in [4.78, 5) is 12.3. The zero-order chi connectivity index (χ0) is 21.0. The highest BCUT2D eigenvalue weighted by Crippen LogP contribution is 2.25. The number of aromatic nitrogens is 2. The predicted molar refractivity (Wildman–Crippen MR) is 111 cm³/mol.